The zero-order valence-electron chi connectivity index (χ0n) is 16.1. The summed E-state index contributed by atoms with van der Waals surface area (Å²) >= 11 is 1.18. The zero-order valence-corrected chi connectivity index (χ0v) is 17.7. The van der Waals surface area contributed by atoms with E-state index in [0.717, 1.165) is 11.3 Å². The first-order valence-corrected chi connectivity index (χ1v) is 11.1. The van der Waals surface area contributed by atoms with Gasteiger partial charge in [0.1, 0.15) is 0 Å². The average molecular weight is 433 g/mol. The summed E-state index contributed by atoms with van der Waals surface area (Å²) in [4.78, 5) is 12.5. The molecule has 0 atom stereocenters. The normalized spacial score (nSPS) is 11.4. The molecule has 1 heterocycles. The second kappa shape index (κ2) is 8.72. The molecule has 3 rings (SSSR count). The van der Waals surface area contributed by atoms with Crippen LogP contribution in [-0.2, 0) is 14.8 Å². The molecule has 0 radical (unpaired) electrons. The summed E-state index contributed by atoms with van der Waals surface area (Å²) in [5, 5.41) is 14.8. The third kappa shape index (κ3) is 5.00. The van der Waals surface area contributed by atoms with Crippen molar-refractivity contribution in [2.45, 2.75) is 23.9 Å². The molecular weight excluding hydrogens is 412 g/mol. The number of hydrogen-bond acceptors (Lipinski definition) is 7. The summed E-state index contributed by atoms with van der Waals surface area (Å²) in [6, 6.07) is 12.4. The first kappa shape index (κ1) is 21.0. The summed E-state index contributed by atoms with van der Waals surface area (Å²) in [7, 11) is -2.27. The standard InChI is InChI=1S/C18H20N6O3S2/c1-12-4-8-15(9-5-12)24-18(21-22-23-24)28-11-17(25)20-14-7-6-13(2)16(10-14)29(26,27)19-3/h4-10,19H,11H2,1-3H3,(H,20,25). The molecular formula is C18H20N6O3S2. The summed E-state index contributed by atoms with van der Waals surface area (Å²) in [6.07, 6.45) is 0. The number of benzene rings is 2. The predicted octanol–water partition coefficient (Wildman–Crippen LogP) is 1.92. The molecule has 0 saturated carbocycles. The van der Waals surface area contributed by atoms with Crippen LogP contribution in [0.15, 0.2) is 52.5 Å². The van der Waals surface area contributed by atoms with E-state index in [1.54, 1.807) is 23.7 Å². The van der Waals surface area contributed by atoms with Crippen molar-refractivity contribution in [2.75, 3.05) is 18.1 Å². The number of aryl methyl sites for hydroxylation is 2. The minimum Gasteiger partial charge on any atom is -0.325 e. The van der Waals surface area contributed by atoms with Gasteiger partial charge in [-0.3, -0.25) is 4.79 Å². The Labute approximate surface area is 172 Å². The number of carbonyl (C=O) groups is 1. The molecule has 3 aromatic rings. The molecule has 9 nitrogen and oxygen atoms in total. The van der Waals surface area contributed by atoms with Gasteiger partial charge in [0, 0.05) is 5.69 Å². The minimum absolute atomic E-state index is 0.0637. The maximum absolute atomic E-state index is 12.3. The molecule has 1 aromatic heterocycles. The van der Waals surface area contributed by atoms with Crippen molar-refractivity contribution in [3.05, 3.63) is 53.6 Å². The Kier molecular flexibility index (Phi) is 6.30. The SMILES string of the molecule is CNS(=O)(=O)c1cc(NC(=O)CSc2nnnn2-c2ccc(C)cc2)ccc1C. The third-order valence-corrected chi connectivity index (χ3v) is 6.56. The molecule has 2 N–H and O–H groups in total. The highest BCUT2D eigenvalue weighted by molar-refractivity contribution is 7.99. The summed E-state index contributed by atoms with van der Waals surface area (Å²) in [6.45, 7) is 3.68. The second-order valence-electron chi connectivity index (χ2n) is 6.23. The Morgan fingerprint density at radius 3 is 2.55 bits per heavy atom. The van der Waals surface area contributed by atoms with Crippen LogP contribution in [0.4, 0.5) is 5.69 Å². The van der Waals surface area contributed by atoms with Gasteiger partial charge in [0.05, 0.1) is 16.3 Å². The van der Waals surface area contributed by atoms with Gasteiger partial charge in [0.25, 0.3) is 0 Å². The molecule has 0 fully saturated rings. The van der Waals surface area contributed by atoms with E-state index in [2.05, 4.69) is 25.6 Å². The van der Waals surface area contributed by atoms with Gasteiger partial charge in [-0.2, -0.15) is 4.68 Å². The van der Waals surface area contributed by atoms with Gasteiger partial charge in [-0.25, -0.2) is 13.1 Å². The summed E-state index contributed by atoms with van der Waals surface area (Å²) < 4.78 is 28.0. The van der Waals surface area contributed by atoms with Gasteiger partial charge in [-0.05, 0) is 61.2 Å². The van der Waals surface area contributed by atoms with Crippen molar-refractivity contribution in [2.24, 2.45) is 0 Å². The maximum Gasteiger partial charge on any atom is 0.240 e. The van der Waals surface area contributed by atoms with Crippen LogP contribution < -0.4 is 10.0 Å². The predicted molar refractivity (Wildman–Crippen MR) is 111 cm³/mol. The van der Waals surface area contributed by atoms with Crippen molar-refractivity contribution >= 4 is 33.4 Å². The molecule has 29 heavy (non-hydrogen) atoms. The van der Waals surface area contributed by atoms with E-state index in [9.17, 15) is 13.2 Å². The number of hydrogen-bond donors (Lipinski definition) is 2. The molecule has 11 heteroatoms. The largest absolute Gasteiger partial charge is 0.325 e. The number of nitrogens with zero attached hydrogens (tertiary/aromatic N) is 4. The van der Waals surface area contributed by atoms with Gasteiger partial charge in [-0.1, -0.05) is 35.5 Å². The molecule has 152 valence electrons. The lowest BCUT2D eigenvalue weighted by Crippen LogP contribution is -2.20. The molecule has 0 aliphatic rings. The lowest BCUT2D eigenvalue weighted by molar-refractivity contribution is -0.113. The molecule has 0 unspecified atom stereocenters. The van der Waals surface area contributed by atoms with Crippen molar-refractivity contribution in [3.63, 3.8) is 0 Å². The Bertz CT molecular complexity index is 1130. The van der Waals surface area contributed by atoms with Crippen LogP contribution in [0.25, 0.3) is 5.69 Å². The topological polar surface area (TPSA) is 119 Å². The van der Waals surface area contributed by atoms with E-state index < -0.39 is 10.0 Å². The molecule has 1 amide bonds. The quantitative estimate of drug-likeness (QED) is 0.548. The highest BCUT2D eigenvalue weighted by Crippen LogP contribution is 2.22. The van der Waals surface area contributed by atoms with Gasteiger partial charge >= 0.3 is 0 Å². The van der Waals surface area contributed by atoms with Crippen LogP contribution >= 0.6 is 11.8 Å². The van der Waals surface area contributed by atoms with E-state index in [1.165, 1.54) is 24.9 Å². The number of thioether (sulfide) groups is 1. The highest BCUT2D eigenvalue weighted by Gasteiger charge is 2.16. The molecule has 0 saturated heterocycles. The van der Waals surface area contributed by atoms with Crippen LogP contribution in [-0.4, -0.2) is 47.3 Å². The second-order valence-corrected chi connectivity index (χ2v) is 9.03. The smallest absolute Gasteiger partial charge is 0.240 e. The first-order chi connectivity index (χ1) is 13.8. The number of sulfonamides is 1. The molecule has 2 aromatic carbocycles. The fourth-order valence-corrected chi connectivity index (χ4v) is 4.21. The molecule has 0 aliphatic heterocycles. The van der Waals surface area contributed by atoms with Gasteiger partial charge in [0.15, 0.2) is 0 Å². The van der Waals surface area contributed by atoms with Crippen LogP contribution in [0.1, 0.15) is 11.1 Å². The lowest BCUT2D eigenvalue weighted by atomic mass is 10.2. The molecule has 0 spiro atoms. The van der Waals surface area contributed by atoms with Gasteiger partial charge < -0.3 is 5.32 Å². The third-order valence-electron chi connectivity index (χ3n) is 4.08. The summed E-state index contributed by atoms with van der Waals surface area (Å²) in [5.74, 6) is -0.237. The summed E-state index contributed by atoms with van der Waals surface area (Å²) in [5.41, 5.74) is 2.90. The monoisotopic (exact) mass is 432 g/mol. The Hall–Kier alpha value is -2.76. The number of tetrazole rings is 1. The van der Waals surface area contributed by atoms with Crippen LogP contribution in [0, 0.1) is 13.8 Å². The molecule has 0 aliphatic carbocycles. The fraction of sp³-hybridized carbons (Fsp3) is 0.222. The maximum atomic E-state index is 12.3. The number of nitrogens with one attached hydrogen (secondary N) is 2. The van der Waals surface area contributed by atoms with E-state index in [-0.39, 0.29) is 16.6 Å². The number of anilines is 1. The van der Waals surface area contributed by atoms with E-state index in [4.69, 9.17) is 0 Å². The molecule has 0 bridgehead atoms. The van der Waals surface area contributed by atoms with Crippen molar-refractivity contribution in [3.8, 4) is 5.69 Å². The van der Waals surface area contributed by atoms with E-state index in [0.29, 0.717) is 16.4 Å². The van der Waals surface area contributed by atoms with E-state index in [1.807, 2.05) is 31.2 Å². The zero-order chi connectivity index (χ0) is 21.0. The number of amides is 1. The minimum atomic E-state index is -3.61. The van der Waals surface area contributed by atoms with Crippen LogP contribution in [0.3, 0.4) is 0 Å². The van der Waals surface area contributed by atoms with Crippen LogP contribution in [0.2, 0.25) is 0 Å². The average Bonchev–Trinajstić information content (AvgIpc) is 3.17. The lowest BCUT2D eigenvalue weighted by Gasteiger charge is -2.10. The number of aromatic nitrogens is 4. The van der Waals surface area contributed by atoms with Crippen molar-refractivity contribution < 1.29 is 13.2 Å². The van der Waals surface area contributed by atoms with Crippen molar-refractivity contribution in [1.29, 1.82) is 0 Å². The highest BCUT2D eigenvalue weighted by atomic mass is 32.2. The number of rotatable bonds is 7. The Morgan fingerprint density at radius 1 is 1.14 bits per heavy atom. The number of carbonyl (C=O) groups excluding carboxylic acids is 1. The fourth-order valence-electron chi connectivity index (χ4n) is 2.52. The first-order valence-electron chi connectivity index (χ1n) is 8.62. The van der Waals surface area contributed by atoms with Crippen molar-refractivity contribution in [1.82, 2.24) is 24.9 Å². The Morgan fingerprint density at radius 2 is 1.86 bits per heavy atom. The van der Waals surface area contributed by atoms with Gasteiger partial charge in [0.2, 0.25) is 21.1 Å². The van der Waals surface area contributed by atoms with Gasteiger partial charge in [-0.15, -0.1) is 5.10 Å². The van der Waals surface area contributed by atoms with E-state index >= 15 is 0 Å². The Balaban J connectivity index is 1.68. The van der Waals surface area contributed by atoms with Crippen LogP contribution in [0.5, 0.6) is 0 Å².